The zero-order valence-corrected chi connectivity index (χ0v) is 18.0. The molecule has 10 heteroatoms. The molecule has 3 heterocycles. The Hall–Kier alpha value is -2.10. The van der Waals surface area contributed by atoms with Gasteiger partial charge in [-0.2, -0.15) is 4.99 Å². The van der Waals surface area contributed by atoms with Crippen molar-refractivity contribution in [1.29, 1.82) is 0 Å². The van der Waals surface area contributed by atoms with E-state index in [0.29, 0.717) is 34.2 Å². The van der Waals surface area contributed by atoms with Gasteiger partial charge in [0.25, 0.3) is 5.91 Å². The number of halogens is 2. The summed E-state index contributed by atoms with van der Waals surface area (Å²) in [6, 6.07) is 3.91. The Morgan fingerprint density at radius 3 is 2.80 bits per heavy atom. The maximum atomic E-state index is 14.0. The molecule has 162 valence electrons. The number of amidine groups is 1. The second-order valence-electron chi connectivity index (χ2n) is 7.34. The smallest absolute Gasteiger partial charge is 0.407 e. The predicted octanol–water partition coefficient (Wildman–Crippen LogP) is 4.02. The zero-order valence-electron chi connectivity index (χ0n) is 16.3. The average molecular weight is 455 g/mol. The monoisotopic (exact) mass is 454 g/mol. The maximum absolute atomic E-state index is 14.0. The Balaban J connectivity index is 0.00000256. The predicted molar refractivity (Wildman–Crippen MR) is 117 cm³/mol. The molecule has 4 rings (SSSR count). The number of carbonyl (C=O) groups excluding carboxylic acids is 1. The highest BCUT2D eigenvalue weighted by Gasteiger charge is 2.31. The highest BCUT2D eigenvalue weighted by atomic mass is 35.5. The second kappa shape index (κ2) is 9.80. The van der Waals surface area contributed by atoms with Gasteiger partial charge in [-0.15, -0.1) is 12.4 Å². The van der Waals surface area contributed by atoms with Crippen molar-refractivity contribution < 1.29 is 19.1 Å². The van der Waals surface area contributed by atoms with Crippen molar-refractivity contribution >= 4 is 47.4 Å². The molecule has 0 spiro atoms. The molecule has 2 amide bonds. The first kappa shape index (κ1) is 22.6. The summed E-state index contributed by atoms with van der Waals surface area (Å²) in [4.78, 5) is 30.1. The highest BCUT2D eigenvalue weighted by molar-refractivity contribution is 8.18. The zero-order chi connectivity index (χ0) is 20.4. The molecule has 1 aromatic carbocycles. The third-order valence-electron chi connectivity index (χ3n) is 5.39. The second-order valence-corrected chi connectivity index (χ2v) is 8.35. The van der Waals surface area contributed by atoms with Crippen LogP contribution in [0.15, 0.2) is 28.1 Å². The van der Waals surface area contributed by atoms with Gasteiger partial charge < -0.3 is 10.0 Å². The quantitative estimate of drug-likeness (QED) is 0.656. The van der Waals surface area contributed by atoms with Gasteiger partial charge in [-0.1, -0.05) is 6.07 Å². The minimum Gasteiger partial charge on any atom is -0.465 e. The van der Waals surface area contributed by atoms with E-state index >= 15 is 0 Å². The molecule has 0 radical (unpaired) electrons. The number of thioether (sulfide) groups is 1. The van der Waals surface area contributed by atoms with Crippen LogP contribution in [0.5, 0.6) is 0 Å². The van der Waals surface area contributed by atoms with Crippen LogP contribution in [0, 0.1) is 5.82 Å². The summed E-state index contributed by atoms with van der Waals surface area (Å²) in [7, 11) is 0. The van der Waals surface area contributed by atoms with Gasteiger partial charge in [0.2, 0.25) is 0 Å². The number of nitrogens with one attached hydrogen (secondary N) is 1. The topological polar surface area (TPSA) is 85.2 Å². The first-order valence-corrected chi connectivity index (χ1v) is 10.7. The lowest BCUT2D eigenvalue weighted by Crippen LogP contribution is -2.45. The molecule has 30 heavy (non-hydrogen) atoms. The van der Waals surface area contributed by atoms with Crippen molar-refractivity contribution in [3.8, 4) is 0 Å². The van der Waals surface area contributed by atoms with E-state index in [0.717, 1.165) is 38.8 Å². The number of nitrogens with zero attached hydrogens (tertiary/aromatic N) is 3. The summed E-state index contributed by atoms with van der Waals surface area (Å²) >= 11 is 1.29. The molecular formula is C20H24ClFN4O3S. The number of hydrogen-bond donors (Lipinski definition) is 2. The van der Waals surface area contributed by atoms with Crippen LogP contribution in [0.4, 0.5) is 9.18 Å². The molecule has 0 aromatic heterocycles. The molecule has 3 aliphatic heterocycles. The number of carbonyl (C=O) groups is 2. The molecule has 1 aromatic rings. The van der Waals surface area contributed by atoms with Crippen LogP contribution in [0.2, 0.25) is 0 Å². The fourth-order valence-electron chi connectivity index (χ4n) is 3.96. The number of amides is 2. The molecule has 1 unspecified atom stereocenters. The number of aliphatic imine (C=N–C) groups is 1. The molecule has 3 aliphatic rings. The normalized spacial score (nSPS) is 23.4. The van der Waals surface area contributed by atoms with Gasteiger partial charge in [0.1, 0.15) is 5.82 Å². The molecular weight excluding hydrogens is 431 g/mol. The summed E-state index contributed by atoms with van der Waals surface area (Å²) < 4.78 is 14.0. The summed E-state index contributed by atoms with van der Waals surface area (Å²) in [5.41, 5.74) is 4.49. The third kappa shape index (κ3) is 4.79. The van der Waals surface area contributed by atoms with Crippen LogP contribution in [0.3, 0.4) is 0 Å². The number of hydrogen-bond acceptors (Lipinski definition) is 5. The minimum absolute atomic E-state index is 0. The molecule has 0 aliphatic carbocycles. The van der Waals surface area contributed by atoms with Gasteiger partial charge in [0.05, 0.1) is 10.9 Å². The summed E-state index contributed by atoms with van der Waals surface area (Å²) in [6.45, 7) is 2.07. The van der Waals surface area contributed by atoms with E-state index in [-0.39, 0.29) is 18.3 Å². The van der Waals surface area contributed by atoms with Gasteiger partial charge in [-0.05, 0) is 73.2 Å². The van der Waals surface area contributed by atoms with Crippen molar-refractivity contribution in [2.24, 2.45) is 4.99 Å². The lowest BCUT2D eigenvalue weighted by molar-refractivity contribution is -0.113. The lowest BCUT2D eigenvalue weighted by Gasteiger charge is -2.34. The average Bonchev–Trinajstić information content (AvgIpc) is 3.10. The number of benzene rings is 1. The lowest BCUT2D eigenvalue weighted by atomic mass is 9.91. The fourth-order valence-corrected chi connectivity index (χ4v) is 4.87. The summed E-state index contributed by atoms with van der Waals surface area (Å²) in [5, 5.41) is 12.1. The summed E-state index contributed by atoms with van der Waals surface area (Å²) in [6.07, 6.45) is 5.13. The van der Waals surface area contributed by atoms with Crippen LogP contribution in [0.1, 0.15) is 49.3 Å². The van der Waals surface area contributed by atoms with Crippen molar-refractivity contribution in [2.45, 2.75) is 38.1 Å². The van der Waals surface area contributed by atoms with Gasteiger partial charge in [-0.3, -0.25) is 9.80 Å². The van der Waals surface area contributed by atoms with Crippen LogP contribution in [-0.4, -0.2) is 51.8 Å². The van der Waals surface area contributed by atoms with Crippen molar-refractivity contribution in [2.75, 3.05) is 19.6 Å². The van der Waals surface area contributed by atoms with Crippen molar-refractivity contribution in [3.05, 3.63) is 40.0 Å². The number of hydrazine groups is 1. The number of piperidine rings is 1. The van der Waals surface area contributed by atoms with E-state index in [1.807, 2.05) is 5.01 Å². The molecule has 7 nitrogen and oxygen atoms in total. The number of carboxylic acid groups (broad SMARTS) is 1. The fraction of sp³-hybridized carbons (Fsp3) is 0.450. The molecule has 1 atom stereocenters. The summed E-state index contributed by atoms with van der Waals surface area (Å²) in [5.74, 6) is -0.746. The van der Waals surface area contributed by atoms with Crippen LogP contribution >= 0.6 is 24.2 Å². The molecule has 2 N–H and O–H groups in total. The van der Waals surface area contributed by atoms with Crippen LogP contribution < -0.4 is 5.43 Å². The van der Waals surface area contributed by atoms with Gasteiger partial charge >= 0.3 is 6.09 Å². The first-order valence-electron chi connectivity index (χ1n) is 9.85. The van der Waals surface area contributed by atoms with Gasteiger partial charge in [0, 0.05) is 19.6 Å². The van der Waals surface area contributed by atoms with Gasteiger partial charge in [0.15, 0.2) is 5.17 Å². The van der Waals surface area contributed by atoms with E-state index in [4.69, 9.17) is 0 Å². The Morgan fingerprint density at radius 2 is 2.07 bits per heavy atom. The van der Waals surface area contributed by atoms with E-state index in [9.17, 15) is 19.1 Å². The third-order valence-corrected chi connectivity index (χ3v) is 6.40. The van der Waals surface area contributed by atoms with E-state index in [2.05, 4.69) is 10.4 Å². The number of rotatable bonds is 2. The SMILES string of the molecule is Cl.O=C1N=C(N2CCCCN2)S/C1=C/c1ccc(F)cc1C1CCCCN1C(=O)O. The Kier molecular flexibility index (Phi) is 7.38. The van der Waals surface area contributed by atoms with Crippen molar-refractivity contribution in [1.82, 2.24) is 15.3 Å². The largest absolute Gasteiger partial charge is 0.465 e. The minimum atomic E-state index is -1.01. The molecule has 2 saturated heterocycles. The maximum Gasteiger partial charge on any atom is 0.407 e. The molecule has 0 saturated carbocycles. The van der Waals surface area contributed by atoms with Crippen molar-refractivity contribution in [3.63, 3.8) is 0 Å². The number of likely N-dealkylation sites (tertiary alicyclic amines) is 1. The molecule has 2 fully saturated rings. The Morgan fingerprint density at radius 1 is 1.27 bits per heavy atom. The molecule has 0 bridgehead atoms. The highest BCUT2D eigenvalue weighted by Crippen LogP contribution is 2.36. The van der Waals surface area contributed by atoms with E-state index < -0.39 is 18.0 Å². The standard InChI is InChI=1S/C20H23FN4O3S.ClH/c21-14-7-6-13(15(12-14)16-5-1-3-9-24(16)20(27)28)11-17-18(26)23-19(29-17)25-10-4-2-8-22-25;/h6-7,11-12,16,22H,1-5,8-10H2,(H,27,28);1H/b17-11+;. The van der Waals surface area contributed by atoms with Crippen LogP contribution in [0.25, 0.3) is 6.08 Å². The van der Waals surface area contributed by atoms with E-state index in [1.54, 1.807) is 12.1 Å². The first-order chi connectivity index (χ1) is 14.0. The van der Waals surface area contributed by atoms with Crippen LogP contribution in [-0.2, 0) is 4.79 Å². The Labute approximate surface area is 184 Å². The van der Waals surface area contributed by atoms with Gasteiger partial charge in [-0.25, -0.2) is 14.6 Å². The Bertz CT molecular complexity index is 889. The van der Waals surface area contributed by atoms with E-state index in [1.165, 1.54) is 28.8 Å².